The molecule has 10 nitrogen and oxygen atoms in total. The predicted molar refractivity (Wildman–Crippen MR) is 177 cm³/mol. The van der Waals surface area contributed by atoms with Gasteiger partial charge in [0.1, 0.15) is 5.65 Å². The third-order valence-corrected chi connectivity index (χ3v) is 7.68. The van der Waals surface area contributed by atoms with Crippen molar-refractivity contribution in [3.05, 3.63) is 72.9 Å². The number of aromatic nitrogens is 2. The maximum atomic E-state index is 12.4. The number of benzene rings is 2. The molecular formula is C34H37F3N6O4. The van der Waals surface area contributed by atoms with Gasteiger partial charge in [0.2, 0.25) is 11.8 Å². The summed E-state index contributed by atoms with van der Waals surface area (Å²) in [6.07, 6.45) is -2.15. The smallest absolute Gasteiger partial charge is 0.475 e. The zero-order valence-electron chi connectivity index (χ0n) is 26.5. The number of rotatable bonds is 7. The number of carboxylic acids is 1. The molecule has 3 heterocycles. The van der Waals surface area contributed by atoms with Crippen LogP contribution in [0.15, 0.2) is 67.4 Å². The number of pyridine rings is 1. The SMILES string of the molecule is C=CC(=O)Nc1cc(-c2c(-c3ccc(N4CCN(C)CC4)cc3)[nH]c3ncc(NC(=O)C(C)C)cc23)ccc1C.O=C(O)C(F)(F)F. The highest BCUT2D eigenvalue weighted by atomic mass is 19.4. The van der Waals surface area contributed by atoms with Crippen LogP contribution in [0, 0.1) is 12.8 Å². The highest BCUT2D eigenvalue weighted by Gasteiger charge is 2.38. The first-order valence-corrected chi connectivity index (χ1v) is 14.9. The van der Waals surface area contributed by atoms with Gasteiger partial charge in [-0.05, 0) is 61.0 Å². The van der Waals surface area contributed by atoms with E-state index in [0.717, 1.165) is 59.5 Å². The number of hydrogen-bond donors (Lipinski definition) is 4. The number of carbonyl (C=O) groups excluding carboxylic acids is 2. The van der Waals surface area contributed by atoms with E-state index in [0.29, 0.717) is 17.0 Å². The summed E-state index contributed by atoms with van der Waals surface area (Å²) in [6, 6.07) is 16.6. The average molecular weight is 651 g/mol. The fourth-order valence-electron chi connectivity index (χ4n) is 4.94. The van der Waals surface area contributed by atoms with Crippen molar-refractivity contribution in [1.29, 1.82) is 0 Å². The molecule has 13 heteroatoms. The number of carboxylic acid groups (broad SMARTS) is 1. The fraction of sp³-hybridized carbons (Fsp3) is 0.294. The van der Waals surface area contributed by atoms with Crippen molar-refractivity contribution in [2.75, 3.05) is 48.8 Å². The molecule has 47 heavy (non-hydrogen) atoms. The number of piperazine rings is 1. The summed E-state index contributed by atoms with van der Waals surface area (Å²) < 4.78 is 31.7. The summed E-state index contributed by atoms with van der Waals surface area (Å²) in [5, 5.41) is 13.9. The largest absolute Gasteiger partial charge is 0.490 e. The summed E-state index contributed by atoms with van der Waals surface area (Å²) in [7, 11) is 2.16. The van der Waals surface area contributed by atoms with Crippen LogP contribution in [0.3, 0.4) is 0 Å². The van der Waals surface area contributed by atoms with E-state index in [-0.39, 0.29) is 17.7 Å². The minimum Gasteiger partial charge on any atom is -0.475 e. The Kier molecular flexibility index (Phi) is 10.7. The Morgan fingerprint density at radius 1 is 1.00 bits per heavy atom. The van der Waals surface area contributed by atoms with Gasteiger partial charge < -0.3 is 30.5 Å². The van der Waals surface area contributed by atoms with Crippen LogP contribution in [0.4, 0.5) is 30.2 Å². The molecule has 2 amide bonds. The Labute approximate surface area is 270 Å². The fourth-order valence-corrected chi connectivity index (χ4v) is 4.94. The van der Waals surface area contributed by atoms with E-state index in [1.165, 1.54) is 11.8 Å². The highest BCUT2D eigenvalue weighted by molar-refractivity contribution is 6.06. The molecule has 0 saturated carbocycles. The Morgan fingerprint density at radius 2 is 1.62 bits per heavy atom. The Balaban J connectivity index is 0.000000644. The van der Waals surface area contributed by atoms with E-state index in [4.69, 9.17) is 9.90 Å². The normalized spacial score (nSPS) is 13.6. The Morgan fingerprint density at radius 3 is 2.19 bits per heavy atom. The monoisotopic (exact) mass is 650 g/mol. The van der Waals surface area contributed by atoms with Gasteiger partial charge in [-0.25, -0.2) is 9.78 Å². The van der Waals surface area contributed by atoms with Crippen molar-refractivity contribution in [3.8, 4) is 22.4 Å². The van der Waals surface area contributed by atoms with Crippen LogP contribution >= 0.6 is 0 Å². The van der Waals surface area contributed by atoms with Gasteiger partial charge in [-0.2, -0.15) is 13.2 Å². The third kappa shape index (κ3) is 8.55. The van der Waals surface area contributed by atoms with Gasteiger partial charge >= 0.3 is 12.1 Å². The average Bonchev–Trinajstić information content (AvgIpc) is 3.41. The number of H-pyrrole nitrogens is 1. The lowest BCUT2D eigenvalue weighted by atomic mass is 9.97. The summed E-state index contributed by atoms with van der Waals surface area (Å²) >= 11 is 0. The molecule has 1 aliphatic rings. The van der Waals surface area contributed by atoms with Crippen LogP contribution < -0.4 is 15.5 Å². The van der Waals surface area contributed by atoms with E-state index >= 15 is 0 Å². The molecule has 4 aromatic rings. The van der Waals surface area contributed by atoms with Crippen LogP contribution in [0.25, 0.3) is 33.4 Å². The number of nitrogens with one attached hydrogen (secondary N) is 3. The molecule has 0 spiro atoms. The van der Waals surface area contributed by atoms with Crippen molar-refractivity contribution in [3.63, 3.8) is 0 Å². The second-order valence-electron chi connectivity index (χ2n) is 11.5. The van der Waals surface area contributed by atoms with Crippen molar-refractivity contribution in [2.45, 2.75) is 26.9 Å². The van der Waals surface area contributed by atoms with Crippen LogP contribution in [-0.2, 0) is 14.4 Å². The topological polar surface area (TPSA) is 131 Å². The number of aliphatic carboxylic acids is 1. The number of halogens is 3. The quantitative estimate of drug-likeness (QED) is 0.173. The second-order valence-corrected chi connectivity index (χ2v) is 11.5. The number of fused-ring (bicyclic) bond motifs is 1. The standard InChI is InChI=1S/C32H36N6O2.C2HF3O2/c1-6-28(39)35-27-17-23(8-7-21(27)4)29-26-18-24(34-32(40)20(2)3)19-33-31(26)36-30(29)22-9-11-25(12-10-22)38-15-13-37(5)14-16-38;3-2(4,5)1(6)7/h6-12,17-20H,1,13-16H2,2-5H3,(H,33,36)(H,34,40)(H,35,39);(H,6,7). The van der Waals surface area contributed by atoms with Crippen molar-refractivity contribution in [1.82, 2.24) is 14.9 Å². The third-order valence-electron chi connectivity index (χ3n) is 7.68. The molecule has 1 aliphatic heterocycles. The molecule has 4 N–H and O–H groups in total. The molecule has 1 saturated heterocycles. The first-order chi connectivity index (χ1) is 22.2. The minimum absolute atomic E-state index is 0.0669. The minimum atomic E-state index is -5.08. The molecule has 5 rings (SSSR count). The van der Waals surface area contributed by atoms with Crippen LogP contribution in [0.1, 0.15) is 19.4 Å². The lowest BCUT2D eigenvalue weighted by molar-refractivity contribution is -0.192. The predicted octanol–water partition coefficient (Wildman–Crippen LogP) is 6.31. The zero-order chi connectivity index (χ0) is 34.5. The van der Waals surface area contributed by atoms with Gasteiger partial charge in [-0.1, -0.05) is 44.7 Å². The van der Waals surface area contributed by atoms with Crippen LogP contribution in [-0.4, -0.2) is 77.2 Å². The highest BCUT2D eigenvalue weighted by Crippen LogP contribution is 2.40. The van der Waals surface area contributed by atoms with E-state index in [2.05, 4.69) is 68.3 Å². The first kappa shape index (κ1) is 34.7. The van der Waals surface area contributed by atoms with E-state index in [1.807, 2.05) is 45.0 Å². The van der Waals surface area contributed by atoms with Crippen molar-refractivity contribution >= 4 is 45.9 Å². The number of aryl methyl sites for hydroxylation is 1. The van der Waals surface area contributed by atoms with Crippen molar-refractivity contribution in [2.24, 2.45) is 5.92 Å². The molecule has 0 atom stereocenters. The molecule has 248 valence electrons. The van der Waals surface area contributed by atoms with E-state index < -0.39 is 12.1 Å². The second kappa shape index (κ2) is 14.5. The molecule has 2 aromatic heterocycles. The maximum Gasteiger partial charge on any atom is 0.490 e. The van der Waals surface area contributed by atoms with Gasteiger partial charge in [0.05, 0.1) is 17.6 Å². The molecule has 0 unspecified atom stereocenters. The van der Waals surface area contributed by atoms with Gasteiger partial charge in [-0.3, -0.25) is 9.59 Å². The zero-order valence-corrected chi connectivity index (χ0v) is 26.5. The van der Waals surface area contributed by atoms with Crippen molar-refractivity contribution < 1.29 is 32.7 Å². The molecule has 1 fully saturated rings. The molecule has 2 aromatic carbocycles. The Bertz CT molecular complexity index is 1780. The van der Waals surface area contributed by atoms with Gasteiger partial charge in [0.15, 0.2) is 0 Å². The van der Waals surface area contributed by atoms with Gasteiger partial charge in [0.25, 0.3) is 0 Å². The lowest BCUT2D eigenvalue weighted by Gasteiger charge is -2.34. The lowest BCUT2D eigenvalue weighted by Crippen LogP contribution is -2.44. The number of alkyl halides is 3. The van der Waals surface area contributed by atoms with Crippen LogP contribution in [0.5, 0.6) is 0 Å². The van der Waals surface area contributed by atoms with Crippen LogP contribution in [0.2, 0.25) is 0 Å². The summed E-state index contributed by atoms with van der Waals surface area (Å²) in [5.74, 6) is -3.24. The summed E-state index contributed by atoms with van der Waals surface area (Å²) in [4.78, 5) is 46.4. The number of nitrogens with zero attached hydrogens (tertiary/aromatic N) is 3. The molecule has 0 aliphatic carbocycles. The molecule has 0 radical (unpaired) electrons. The summed E-state index contributed by atoms with van der Waals surface area (Å²) in [6.45, 7) is 13.4. The molecular weight excluding hydrogens is 613 g/mol. The number of likely N-dealkylation sites (N-methyl/N-ethyl adjacent to an activating group) is 1. The summed E-state index contributed by atoms with van der Waals surface area (Å²) in [5.41, 5.74) is 8.03. The number of anilines is 3. The maximum absolute atomic E-state index is 12.4. The number of aromatic amines is 1. The molecule has 0 bridgehead atoms. The first-order valence-electron chi connectivity index (χ1n) is 14.9. The number of amides is 2. The number of hydrogen-bond acceptors (Lipinski definition) is 6. The van der Waals surface area contributed by atoms with E-state index in [9.17, 15) is 22.8 Å². The Hall–Kier alpha value is -5.17. The number of carbonyl (C=O) groups is 3. The van der Waals surface area contributed by atoms with Gasteiger partial charge in [-0.15, -0.1) is 0 Å². The van der Waals surface area contributed by atoms with E-state index in [1.54, 1.807) is 6.20 Å². The van der Waals surface area contributed by atoms with Gasteiger partial charge in [0, 0.05) is 54.4 Å².